The van der Waals surface area contributed by atoms with Gasteiger partial charge >= 0.3 is 0 Å². The highest BCUT2D eigenvalue weighted by molar-refractivity contribution is 7.90. The van der Waals surface area contributed by atoms with E-state index in [1.54, 1.807) is 6.26 Å². The molecule has 3 atom stereocenters. The number of amides is 1. The molecule has 0 spiro atoms. The number of nitrogens with one attached hydrogen (secondary N) is 2. The van der Waals surface area contributed by atoms with Gasteiger partial charge in [-0.3, -0.25) is 10.2 Å². The molecule has 19 heavy (non-hydrogen) atoms. The molecular formula is C14H18N2O2S. The van der Waals surface area contributed by atoms with Crippen LogP contribution in [-0.4, -0.2) is 22.8 Å². The standard InChI is InChI=1S/C14H18N2O2S/c1-10-9-14(17)16-15-13(10)8-5-11-3-6-12(7-4-11)19(2)18/h3-8,10,13,15H,9H2,1-2H3,(H,16,17)/b8-5+. The Bertz CT molecular complexity index is 471. The summed E-state index contributed by atoms with van der Waals surface area (Å²) in [7, 11) is 0. The van der Waals surface area contributed by atoms with E-state index in [9.17, 15) is 9.35 Å². The van der Waals surface area contributed by atoms with Gasteiger partial charge in [-0.25, -0.2) is 5.43 Å². The van der Waals surface area contributed by atoms with Crippen LogP contribution in [-0.2, 0) is 16.0 Å². The van der Waals surface area contributed by atoms with Gasteiger partial charge in [0, 0.05) is 12.5 Å². The number of carbonyl (C=O) groups is 1. The Hall–Kier alpha value is -1.30. The quantitative estimate of drug-likeness (QED) is 0.823. The minimum atomic E-state index is -0.939. The van der Waals surface area contributed by atoms with E-state index in [4.69, 9.17) is 0 Å². The molecule has 1 aliphatic rings. The van der Waals surface area contributed by atoms with Gasteiger partial charge in [-0.15, -0.1) is 0 Å². The van der Waals surface area contributed by atoms with Crippen LogP contribution in [0.15, 0.2) is 35.2 Å². The van der Waals surface area contributed by atoms with Gasteiger partial charge in [0.1, 0.15) is 6.26 Å². The van der Waals surface area contributed by atoms with E-state index in [0.717, 1.165) is 10.5 Å². The Morgan fingerprint density at radius 1 is 1.37 bits per heavy atom. The lowest BCUT2D eigenvalue weighted by Gasteiger charge is -2.27. The Balaban J connectivity index is 2.00. The van der Waals surface area contributed by atoms with Crippen LogP contribution < -0.4 is 10.9 Å². The van der Waals surface area contributed by atoms with Crippen molar-refractivity contribution in [1.82, 2.24) is 10.9 Å². The lowest BCUT2D eigenvalue weighted by molar-refractivity contribution is -0.125. The number of carbonyl (C=O) groups excluding carboxylic acids is 1. The molecule has 1 fully saturated rings. The third kappa shape index (κ3) is 3.83. The van der Waals surface area contributed by atoms with Crippen LogP contribution in [0.4, 0.5) is 0 Å². The van der Waals surface area contributed by atoms with Gasteiger partial charge in [0.25, 0.3) is 0 Å². The third-order valence-electron chi connectivity index (χ3n) is 3.21. The molecule has 1 aromatic carbocycles. The van der Waals surface area contributed by atoms with Crippen molar-refractivity contribution in [1.29, 1.82) is 0 Å². The van der Waals surface area contributed by atoms with E-state index in [2.05, 4.69) is 10.9 Å². The summed E-state index contributed by atoms with van der Waals surface area (Å²) in [5, 5.41) is 0. The second-order valence-corrected chi connectivity index (χ2v) is 6.16. The summed E-state index contributed by atoms with van der Waals surface area (Å²) in [5.74, 6) is 0.305. The fourth-order valence-corrected chi connectivity index (χ4v) is 2.52. The van der Waals surface area contributed by atoms with Gasteiger partial charge < -0.3 is 4.55 Å². The molecule has 1 saturated heterocycles. The number of hydrogen-bond donors (Lipinski definition) is 2. The Kier molecular flexibility index (Phi) is 4.63. The zero-order valence-electron chi connectivity index (χ0n) is 11.1. The molecule has 4 nitrogen and oxygen atoms in total. The number of hydrazine groups is 1. The van der Waals surface area contributed by atoms with Gasteiger partial charge in [0.05, 0.1) is 0 Å². The van der Waals surface area contributed by atoms with Gasteiger partial charge in [0.15, 0.2) is 4.90 Å². The Labute approximate surface area is 116 Å². The molecule has 1 aliphatic heterocycles. The molecule has 2 rings (SSSR count). The molecule has 1 amide bonds. The van der Waals surface area contributed by atoms with Crippen molar-refractivity contribution in [3.63, 3.8) is 0 Å². The zero-order valence-corrected chi connectivity index (χ0v) is 11.9. The first-order chi connectivity index (χ1) is 9.06. The summed E-state index contributed by atoms with van der Waals surface area (Å²) in [4.78, 5) is 12.0. The van der Waals surface area contributed by atoms with Gasteiger partial charge in [-0.2, -0.15) is 0 Å². The number of rotatable bonds is 3. The molecule has 2 N–H and O–H groups in total. The summed E-state index contributed by atoms with van der Waals surface area (Å²) in [5.41, 5.74) is 6.68. The van der Waals surface area contributed by atoms with Crippen molar-refractivity contribution < 1.29 is 9.35 Å². The minimum Gasteiger partial charge on any atom is -0.612 e. The minimum absolute atomic E-state index is 0.0342. The molecule has 5 heteroatoms. The van der Waals surface area contributed by atoms with Crippen molar-refractivity contribution in [2.45, 2.75) is 24.3 Å². The lowest BCUT2D eigenvalue weighted by atomic mass is 9.96. The second-order valence-electron chi connectivity index (χ2n) is 4.78. The van der Waals surface area contributed by atoms with Gasteiger partial charge in [-0.1, -0.05) is 31.2 Å². The van der Waals surface area contributed by atoms with Gasteiger partial charge in [-0.05, 0) is 34.8 Å². The Morgan fingerprint density at radius 3 is 2.63 bits per heavy atom. The topological polar surface area (TPSA) is 64.2 Å². The highest BCUT2D eigenvalue weighted by Crippen LogP contribution is 2.15. The summed E-state index contributed by atoms with van der Waals surface area (Å²) < 4.78 is 11.3. The first-order valence-corrected chi connectivity index (χ1v) is 7.78. The van der Waals surface area contributed by atoms with Crippen molar-refractivity contribution in [2.24, 2.45) is 5.92 Å². The molecule has 0 bridgehead atoms. The van der Waals surface area contributed by atoms with Crippen molar-refractivity contribution in [2.75, 3.05) is 6.26 Å². The number of hydrogen-bond acceptors (Lipinski definition) is 3. The molecule has 0 aromatic heterocycles. The maximum atomic E-state index is 11.3. The molecule has 0 saturated carbocycles. The highest BCUT2D eigenvalue weighted by atomic mass is 32.2. The van der Waals surface area contributed by atoms with Crippen LogP contribution in [0.5, 0.6) is 0 Å². The van der Waals surface area contributed by atoms with Gasteiger partial charge in [0.2, 0.25) is 5.91 Å². The average molecular weight is 278 g/mol. The van der Waals surface area contributed by atoms with Crippen LogP contribution in [0, 0.1) is 5.92 Å². The molecular weight excluding hydrogens is 260 g/mol. The smallest absolute Gasteiger partial charge is 0.234 e. The number of benzene rings is 1. The molecule has 1 aromatic rings. The molecule has 102 valence electrons. The summed E-state index contributed by atoms with van der Waals surface area (Å²) in [6.45, 7) is 2.05. The zero-order chi connectivity index (χ0) is 13.8. The van der Waals surface area contributed by atoms with Crippen molar-refractivity contribution in [3.8, 4) is 0 Å². The normalized spacial score (nSPS) is 25.3. The van der Waals surface area contributed by atoms with E-state index < -0.39 is 11.2 Å². The van der Waals surface area contributed by atoms with E-state index in [-0.39, 0.29) is 17.9 Å². The average Bonchev–Trinajstić information content (AvgIpc) is 2.38. The van der Waals surface area contributed by atoms with E-state index >= 15 is 0 Å². The second kappa shape index (κ2) is 6.23. The fraction of sp³-hybridized carbons (Fsp3) is 0.357. The predicted octanol–water partition coefficient (Wildman–Crippen LogP) is 1.47. The Morgan fingerprint density at radius 2 is 2.05 bits per heavy atom. The first kappa shape index (κ1) is 14.1. The summed E-state index contributed by atoms with van der Waals surface area (Å²) in [6.07, 6.45) is 6.26. The van der Waals surface area contributed by atoms with E-state index in [1.165, 1.54) is 0 Å². The fourth-order valence-electron chi connectivity index (χ4n) is 2.00. The van der Waals surface area contributed by atoms with E-state index in [0.29, 0.717) is 6.42 Å². The monoisotopic (exact) mass is 278 g/mol. The summed E-state index contributed by atoms with van der Waals surface area (Å²) in [6, 6.07) is 7.76. The molecule has 3 unspecified atom stereocenters. The lowest BCUT2D eigenvalue weighted by Crippen LogP contribution is -2.52. The first-order valence-electron chi connectivity index (χ1n) is 6.22. The maximum absolute atomic E-state index is 11.3. The van der Waals surface area contributed by atoms with Crippen LogP contribution in [0.2, 0.25) is 0 Å². The molecule has 0 radical (unpaired) electrons. The molecule has 0 aliphatic carbocycles. The highest BCUT2D eigenvalue weighted by Gasteiger charge is 2.22. The molecule has 1 heterocycles. The van der Waals surface area contributed by atoms with Crippen LogP contribution in [0.3, 0.4) is 0 Å². The van der Waals surface area contributed by atoms with Crippen molar-refractivity contribution in [3.05, 3.63) is 35.9 Å². The largest absolute Gasteiger partial charge is 0.612 e. The van der Waals surface area contributed by atoms with Crippen molar-refractivity contribution >= 4 is 23.2 Å². The SMILES string of the molecule is CC1CC(=O)NNC1/C=C/c1ccc([S+](C)[O-])cc1. The maximum Gasteiger partial charge on any atom is 0.234 e. The van der Waals surface area contributed by atoms with Crippen LogP contribution in [0.25, 0.3) is 6.08 Å². The third-order valence-corrected chi connectivity index (χ3v) is 4.14. The van der Waals surface area contributed by atoms with E-state index in [1.807, 2.05) is 43.3 Å². The predicted molar refractivity (Wildman–Crippen MR) is 76.7 cm³/mol. The summed E-state index contributed by atoms with van der Waals surface area (Å²) >= 11 is -0.939. The van der Waals surface area contributed by atoms with Crippen LogP contribution >= 0.6 is 0 Å². The van der Waals surface area contributed by atoms with Crippen LogP contribution in [0.1, 0.15) is 18.9 Å².